The van der Waals surface area contributed by atoms with Crippen molar-refractivity contribution in [3.63, 3.8) is 0 Å². The van der Waals surface area contributed by atoms with E-state index in [4.69, 9.17) is 4.74 Å². The van der Waals surface area contributed by atoms with E-state index in [0.717, 1.165) is 30.6 Å². The van der Waals surface area contributed by atoms with Crippen molar-refractivity contribution < 1.29 is 17.7 Å². The highest BCUT2D eigenvalue weighted by Crippen LogP contribution is 2.26. The van der Waals surface area contributed by atoms with Crippen LogP contribution in [0.25, 0.3) is 0 Å². The van der Waals surface area contributed by atoms with Gasteiger partial charge >= 0.3 is 0 Å². The molecule has 0 bridgehead atoms. The largest absolute Gasteiger partial charge is 0.489 e. The quantitative estimate of drug-likeness (QED) is 0.141. The summed E-state index contributed by atoms with van der Waals surface area (Å²) in [5, 5.41) is 0. The van der Waals surface area contributed by atoms with Crippen LogP contribution in [0.15, 0.2) is 18.2 Å². The van der Waals surface area contributed by atoms with Crippen molar-refractivity contribution >= 4 is 10.1 Å². The zero-order valence-corrected chi connectivity index (χ0v) is 22.4. The number of rotatable bonds is 21. The van der Waals surface area contributed by atoms with E-state index in [0.29, 0.717) is 6.42 Å². The molecule has 0 aromatic heterocycles. The lowest BCUT2D eigenvalue weighted by Gasteiger charge is -2.20. The number of benzene rings is 1. The van der Waals surface area contributed by atoms with Crippen molar-refractivity contribution in [2.45, 2.75) is 136 Å². The summed E-state index contributed by atoms with van der Waals surface area (Å²) in [6.45, 7) is 6.38. The number of hydrogen-bond donors (Lipinski definition) is 1. The van der Waals surface area contributed by atoms with Gasteiger partial charge in [0.1, 0.15) is 17.6 Å². The second-order valence-electron chi connectivity index (χ2n) is 9.58. The summed E-state index contributed by atoms with van der Waals surface area (Å²) in [6.07, 6.45) is 19.8. The van der Waals surface area contributed by atoms with Gasteiger partial charge in [-0.1, -0.05) is 110 Å². The molecule has 1 atom stereocenters. The average molecular weight is 483 g/mol. The molecule has 0 radical (unpaired) electrons. The number of ether oxygens (including phenoxy) is 1. The first-order valence-electron chi connectivity index (χ1n) is 13.6. The lowest BCUT2D eigenvalue weighted by atomic mass is 9.99. The first kappa shape index (κ1) is 30.0. The van der Waals surface area contributed by atoms with Crippen LogP contribution in [0.1, 0.15) is 128 Å². The fourth-order valence-electron chi connectivity index (χ4n) is 4.28. The maximum Gasteiger partial charge on any atom is 0.268 e. The van der Waals surface area contributed by atoms with Gasteiger partial charge in [0.15, 0.2) is 0 Å². The van der Waals surface area contributed by atoms with Gasteiger partial charge < -0.3 is 4.74 Å². The smallest absolute Gasteiger partial charge is 0.268 e. The highest BCUT2D eigenvalue weighted by molar-refractivity contribution is 7.85. The molecule has 0 spiro atoms. The van der Waals surface area contributed by atoms with E-state index in [1.807, 2.05) is 6.92 Å². The van der Waals surface area contributed by atoms with Gasteiger partial charge in [-0.15, -0.1) is 0 Å². The van der Waals surface area contributed by atoms with Crippen molar-refractivity contribution in [1.29, 1.82) is 0 Å². The SMILES string of the molecule is CCCCCCCCCc1ccc(CCCCCCCCC)c(OC(CC)CS(=O)(=O)O)c1. The minimum Gasteiger partial charge on any atom is -0.489 e. The molecule has 0 aliphatic carbocycles. The number of unbranched alkanes of at least 4 members (excludes halogenated alkanes) is 12. The molecule has 192 valence electrons. The van der Waals surface area contributed by atoms with Crippen LogP contribution >= 0.6 is 0 Å². The van der Waals surface area contributed by atoms with Crippen molar-refractivity contribution in [3.05, 3.63) is 29.3 Å². The molecule has 1 aromatic rings. The van der Waals surface area contributed by atoms with E-state index in [1.54, 1.807) is 0 Å². The van der Waals surface area contributed by atoms with Crippen LogP contribution in [0.5, 0.6) is 5.75 Å². The van der Waals surface area contributed by atoms with E-state index >= 15 is 0 Å². The van der Waals surface area contributed by atoms with Crippen molar-refractivity contribution in [2.24, 2.45) is 0 Å². The second-order valence-corrected chi connectivity index (χ2v) is 11.1. The minimum absolute atomic E-state index is 0.359. The van der Waals surface area contributed by atoms with Gasteiger partial charge in [0.2, 0.25) is 0 Å². The molecule has 0 aliphatic heterocycles. The molecule has 0 saturated heterocycles. The summed E-state index contributed by atoms with van der Waals surface area (Å²) in [6, 6.07) is 6.49. The van der Waals surface area contributed by atoms with Crippen LogP contribution in [0.3, 0.4) is 0 Å². The van der Waals surface area contributed by atoms with Crippen molar-refractivity contribution in [3.8, 4) is 5.75 Å². The van der Waals surface area contributed by atoms with E-state index in [9.17, 15) is 13.0 Å². The van der Waals surface area contributed by atoms with Crippen molar-refractivity contribution in [1.82, 2.24) is 0 Å². The number of hydrogen-bond acceptors (Lipinski definition) is 3. The lowest BCUT2D eigenvalue weighted by Crippen LogP contribution is -2.26. The van der Waals surface area contributed by atoms with Gasteiger partial charge in [0.05, 0.1) is 0 Å². The fourth-order valence-corrected chi connectivity index (χ4v) is 5.05. The van der Waals surface area contributed by atoms with Gasteiger partial charge in [-0.2, -0.15) is 8.42 Å². The molecule has 1 aromatic carbocycles. The van der Waals surface area contributed by atoms with Gasteiger partial charge in [0.25, 0.3) is 10.1 Å². The highest BCUT2D eigenvalue weighted by Gasteiger charge is 2.18. The summed E-state index contributed by atoms with van der Waals surface area (Å²) in [5.74, 6) is 0.444. The molecule has 0 fully saturated rings. The molecule has 0 amide bonds. The van der Waals surface area contributed by atoms with E-state index in [-0.39, 0.29) is 5.75 Å². The Morgan fingerprint density at radius 3 is 1.79 bits per heavy atom. The number of aryl methyl sites for hydroxylation is 2. The Hall–Kier alpha value is -1.07. The molecule has 0 heterocycles. The predicted molar refractivity (Wildman–Crippen MR) is 141 cm³/mol. The molecule has 4 nitrogen and oxygen atoms in total. The van der Waals surface area contributed by atoms with E-state index in [2.05, 4.69) is 32.0 Å². The van der Waals surface area contributed by atoms with Crippen LogP contribution in [0.4, 0.5) is 0 Å². The maximum absolute atomic E-state index is 11.4. The third-order valence-electron chi connectivity index (χ3n) is 6.40. The Labute approximate surface area is 204 Å². The maximum atomic E-state index is 11.4. The van der Waals surface area contributed by atoms with Gasteiger partial charge in [-0.25, -0.2) is 0 Å². The molecule has 0 aliphatic rings. The summed E-state index contributed by atoms with van der Waals surface area (Å²) in [5.41, 5.74) is 2.41. The molecule has 1 rings (SSSR count). The molecule has 5 heteroatoms. The van der Waals surface area contributed by atoms with Crippen LogP contribution in [-0.2, 0) is 23.0 Å². The van der Waals surface area contributed by atoms with Crippen LogP contribution in [0.2, 0.25) is 0 Å². The van der Waals surface area contributed by atoms with Crippen LogP contribution < -0.4 is 4.74 Å². The molecule has 1 N–H and O–H groups in total. The summed E-state index contributed by atoms with van der Waals surface area (Å²) in [7, 11) is -4.06. The standard InChI is InChI=1S/C28H50O4S/c1-4-7-9-11-13-15-17-19-25-21-22-26(20-18-16-14-12-10-8-5-2)28(23-25)32-27(6-3)24-33(29,30)31/h21-23,27H,4-20,24H2,1-3H3,(H,29,30,31). The third kappa shape index (κ3) is 15.5. The lowest BCUT2D eigenvalue weighted by molar-refractivity contribution is 0.214. The van der Waals surface area contributed by atoms with Gasteiger partial charge in [-0.3, -0.25) is 4.55 Å². The molecular weight excluding hydrogens is 432 g/mol. The Morgan fingerprint density at radius 2 is 1.27 bits per heavy atom. The predicted octanol–water partition coefficient (Wildman–Crippen LogP) is 8.32. The Morgan fingerprint density at radius 1 is 0.758 bits per heavy atom. The summed E-state index contributed by atoms with van der Waals surface area (Å²) >= 11 is 0. The van der Waals surface area contributed by atoms with Crippen LogP contribution in [0, 0.1) is 0 Å². The summed E-state index contributed by atoms with van der Waals surface area (Å²) in [4.78, 5) is 0. The van der Waals surface area contributed by atoms with Crippen molar-refractivity contribution in [2.75, 3.05) is 5.75 Å². The normalized spacial score (nSPS) is 12.7. The highest BCUT2D eigenvalue weighted by atomic mass is 32.2. The second kappa shape index (κ2) is 18.3. The molecular formula is C28H50O4S. The molecule has 0 saturated carbocycles. The zero-order chi connectivity index (χ0) is 24.4. The Bertz CT molecular complexity index is 715. The summed E-state index contributed by atoms with van der Waals surface area (Å²) < 4.78 is 38.3. The third-order valence-corrected chi connectivity index (χ3v) is 7.19. The topological polar surface area (TPSA) is 63.6 Å². The van der Waals surface area contributed by atoms with Crippen LogP contribution in [-0.4, -0.2) is 24.8 Å². The average Bonchev–Trinajstić information content (AvgIpc) is 2.77. The van der Waals surface area contributed by atoms with E-state index in [1.165, 1.54) is 89.0 Å². The van der Waals surface area contributed by atoms with E-state index < -0.39 is 16.2 Å². The minimum atomic E-state index is -4.06. The first-order valence-corrected chi connectivity index (χ1v) is 15.2. The fraction of sp³-hybridized carbons (Fsp3) is 0.786. The van der Waals surface area contributed by atoms with Gasteiger partial charge in [-0.05, 0) is 49.3 Å². The molecule has 33 heavy (non-hydrogen) atoms. The monoisotopic (exact) mass is 482 g/mol. The zero-order valence-electron chi connectivity index (χ0n) is 21.6. The molecule has 1 unspecified atom stereocenters. The Balaban J connectivity index is 2.68. The first-order chi connectivity index (χ1) is 15.9. The Kier molecular flexibility index (Phi) is 16.6. The van der Waals surface area contributed by atoms with Gasteiger partial charge in [0, 0.05) is 0 Å².